The van der Waals surface area contributed by atoms with Crippen molar-refractivity contribution in [2.75, 3.05) is 20.3 Å². The van der Waals surface area contributed by atoms with Gasteiger partial charge in [0.1, 0.15) is 5.75 Å². The van der Waals surface area contributed by atoms with Crippen molar-refractivity contribution in [3.8, 4) is 5.75 Å². The van der Waals surface area contributed by atoms with E-state index in [-0.39, 0.29) is 0 Å². The van der Waals surface area contributed by atoms with E-state index in [1.807, 2.05) is 6.07 Å². The van der Waals surface area contributed by atoms with Crippen LogP contribution >= 0.6 is 0 Å². The lowest BCUT2D eigenvalue weighted by Crippen LogP contribution is -2.40. The Morgan fingerprint density at radius 1 is 1.30 bits per heavy atom. The number of nitrogens with one attached hydrogen (secondary N) is 1. The van der Waals surface area contributed by atoms with E-state index < -0.39 is 0 Å². The SMILES string of the molecule is COc1cccc(C2CC(NCCCOC(C)C)C2)c1. The van der Waals surface area contributed by atoms with E-state index in [0.29, 0.717) is 18.1 Å². The molecule has 1 saturated carbocycles. The Balaban J connectivity index is 1.62. The summed E-state index contributed by atoms with van der Waals surface area (Å²) in [7, 11) is 1.73. The van der Waals surface area contributed by atoms with Crippen LogP contribution < -0.4 is 10.1 Å². The van der Waals surface area contributed by atoms with E-state index in [1.165, 1.54) is 18.4 Å². The maximum Gasteiger partial charge on any atom is 0.119 e. The highest BCUT2D eigenvalue weighted by atomic mass is 16.5. The second-order valence-electron chi connectivity index (χ2n) is 5.87. The molecule has 1 aliphatic carbocycles. The molecule has 112 valence electrons. The molecule has 1 aromatic rings. The van der Waals surface area contributed by atoms with Gasteiger partial charge in [0.05, 0.1) is 13.2 Å². The fourth-order valence-corrected chi connectivity index (χ4v) is 2.65. The van der Waals surface area contributed by atoms with E-state index in [0.717, 1.165) is 25.3 Å². The van der Waals surface area contributed by atoms with Gasteiger partial charge in [-0.3, -0.25) is 0 Å². The van der Waals surface area contributed by atoms with Crippen LogP contribution in [0.3, 0.4) is 0 Å². The molecule has 0 bridgehead atoms. The van der Waals surface area contributed by atoms with Crippen molar-refractivity contribution in [2.24, 2.45) is 0 Å². The lowest BCUT2D eigenvalue weighted by molar-refractivity contribution is 0.0760. The van der Waals surface area contributed by atoms with Crippen molar-refractivity contribution in [1.29, 1.82) is 0 Å². The largest absolute Gasteiger partial charge is 0.497 e. The summed E-state index contributed by atoms with van der Waals surface area (Å²) >= 11 is 0. The van der Waals surface area contributed by atoms with Crippen LogP contribution in [0.4, 0.5) is 0 Å². The Labute approximate surface area is 122 Å². The van der Waals surface area contributed by atoms with Gasteiger partial charge in [-0.25, -0.2) is 0 Å². The number of hydrogen-bond acceptors (Lipinski definition) is 3. The molecule has 0 aromatic heterocycles. The second kappa shape index (κ2) is 7.65. The Bertz CT molecular complexity index is 400. The van der Waals surface area contributed by atoms with Gasteiger partial charge >= 0.3 is 0 Å². The lowest BCUT2D eigenvalue weighted by atomic mass is 9.76. The van der Waals surface area contributed by atoms with Gasteiger partial charge in [-0.2, -0.15) is 0 Å². The minimum Gasteiger partial charge on any atom is -0.497 e. The van der Waals surface area contributed by atoms with Gasteiger partial charge in [-0.05, 0) is 63.3 Å². The van der Waals surface area contributed by atoms with E-state index in [9.17, 15) is 0 Å². The van der Waals surface area contributed by atoms with Crippen LogP contribution in [-0.4, -0.2) is 32.4 Å². The number of ether oxygens (including phenoxy) is 2. The molecule has 1 N–H and O–H groups in total. The van der Waals surface area contributed by atoms with Crippen LogP contribution in [0.25, 0.3) is 0 Å². The molecule has 1 aliphatic rings. The number of hydrogen-bond donors (Lipinski definition) is 1. The molecule has 0 radical (unpaired) electrons. The van der Waals surface area contributed by atoms with Crippen molar-refractivity contribution in [3.05, 3.63) is 29.8 Å². The molecular formula is C17H27NO2. The quantitative estimate of drug-likeness (QED) is 0.739. The summed E-state index contributed by atoms with van der Waals surface area (Å²) in [6.07, 6.45) is 3.91. The molecule has 0 unspecified atom stereocenters. The first kappa shape index (κ1) is 15.3. The average molecular weight is 277 g/mol. The fourth-order valence-electron chi connectivity index (χ4n) is 2.65. The summed E-state index contributed by atoms with van der Waals surface area (Å²) in [5.41, 5.74) is 1.41. The van der Waals surface area contributed by atoms with Gasteiger partial charge in [-0.1, -0.05) is 12.1 Å². The Morgan fingerprint density at radius 2 is 2.10 bits per heavy atom. The number of benzene rings is 1. The maximum atomic E-state index is 5.54. The summed E-state index contributed by atoms with van der Waals surface area (Å²) in [6, 6.07) is 9.13. The predicted octanol–water partition coefficient (Wildman–Crippen LogP) is 3.35. The molecule has 1 aromatic carbocycles. The molecule has 0 saturated heterocycles. The normalized spacial score (nSPS) is 21.8. The summed E-state index contributed by atoms with van der Waals surface area (Å²) in [4.78, 5) is 0. The highest BCUT2D eigenvalue weighted by molar-refractivity contribution is 5.32. The highest BCUT2D eigenvalue weighted by Gasteiger charge is 2.29. The Kier molecular flexibility index (Phi) is 5.86. The molecule has 0 amide bonds. The fraction of sp³-hybridized carbons (Fsp3) is 0.647. The predicted molar refractivity (Wildman–Crippen MR) is 82.5 cm³/mol. The van der Waals surface area contributed by atoms with Gasteiger partial charge in [0.15, 0.2) is 0 Å². The van der Waals surface area contributed by atoms with Crippen LogP contribution in [-0.2, 0) is 4.74 Å². The molecule has 3 heteroatoms. The minimum atomic E-state index is 0.344. The standard InChI is InChI=1S/C17H27NO2/c1-13(2)20-9-5-8-18-16-10-15(11-16)14-6-4-7-17(12-14)19-3/h4,6-7,12-13,15-16,18H,5,8-11H2,1-3H3. The van der Waals surface area contributed by atoms with E-state index in [2.05, 4.69) is 37.4 Å². The first-order chi connectivity index (χ1) is 9.69. The summed E-state index contributed by atoms with van der Waals surface area (Å²) in [6.45, 7) is 6.08. The van der Waals surface area contributed by atoms with Crippen LogP contribution in [0.1, 0.15) is 44.6 Å². The molecule has 0 heterocycles. The van der Waals surface area contributed by atoms with Crippen molar-refractivity contribution in [2.45, 2.75) is 51.2 Å². The van der Waals surface area contributed by atoms with E-state index >= 15 is 0 Å². The van der Waals surface area contributed by atoms with Gasteiger partial charge in [-0.15, -0.1) is 0 Å². The summed E-state index contributed by atoms with van der Waals surface area (Å²) in [5.74, 6) is 1.65. The van der Waals surface area contributed by atoms with Crippen molar-refractivity contribution >= 4 is 0 Å². The smallest absolute Gasteiger partial charge is 0.119 e. The molecule has 1 fully saturated rings. The zero-order valence-electron chi connectivity index (χ0n) is 12.9. The molecule has 3 nitrogen and oxygen atoms in total. The number of methoxy groups -OCH3 is 1. The van der Waals surface area contributed by atoms with Crippen LogP contribution in [0.2, 0.25) is 0 Å². The molecule has 0 spiro atoms. The van der Waals surface area contributed by atoms with E-state index in [4.69, 9.17) is 9.47 Å². The first-order valence-electron chi connectivity index (χ1n) is 7.68. The van der Waals surface area contributed by atoms with Crippen molar-refractivity contribution in [3.63, 3.8) is 0 Å². The third-order valence-electron chi connectivity index (χ3n) is 3.91. The van der Waals surface area contributed by atoms with E-state index in [1.54, 1.807) is 7.11 Å². The van der Waals surface area contributed by atoms with Crippen LogP contribution in [0, 0.1) is 0 Å². The van der Waals surface area contributed by atoms with Crippen molar-refractivity contribution < 1.29 is 9.47 Å². The third-order valence-corrected chi connectivity index (χ3v) is 3.91. The monoisotopic (exact) mass is 277 g/mol. The van der Waals surface area contributed by atoms with Crippen LogP contribution in [0.5, 0.6) is 5.75 Å². The van der Waals surface area contributed by atoms with Gasteiger partial charge in [0, 0.05) is 12.6 Å². The third kappa shape index (κ3) is 4.50. The lowest BCUT2D eigenvalue weighted by Gasteiger charge is -2.36. The number of rotatable bonds is 8. The second-order valence-corrected chi connectivity index (χ2v) is 5.87. The molecule has 0 atom stereocenters. The Morgan fingerprint density at radius 3 is 2.80 bits per heavy atom. The van der Waals surface area contributed by atoms with Crippen molar-refractivity contribution in [1.82, 2.24) is 5.32 Å². The van der Waals surface area contributed by atoms with Crippen LogP contribution in [0.15, 0.2) is 24.3 Å². The molecular weight excluding hydrogens is 250 g/mol. The summed E-state index contributed by atoms with van der Waals surface area (Å²) < 4.78 is 10.8. The van der Waals surface area contributed by atoms with Gasteiger partial charge < -0.3 is 14.8 Å². The van der Waals surface area contributed by atoms with Gasteiger partial charge in [0.2, 0.25) is 0 Å². The minimum absolute atomic E-state index is 0.344. The zero-order valence-corrected chi connectivity index (χ0v) is 12.9. The highest BCUT2D eigenvalue weighted by Crippen LogP contribution is 2.37. The molecule has 2 rings (SSSR count). The maximum absolute atomic E-state index is 5.54. The summed E-state index contributed by atoms with van der Waals surface area (Å²) in [5, 5.41) is 3.61. The average Bonchev–Trinajstić information content (AvgIpc) is 2.40. The molecule has 20 heavy (non-hydrogen) atoms. The zero-order chi connectivity index (χ0) is 14.4. The van der Waals surface area contributed by atoms with Gasteiger partial charge in [0.25, 0.3) is 0 Å². The first-order valence-corrected chi connectivity index (χ1v) is 7.68. The topological polar surface area (TPSA) is 30.5 Å². The molecule has 0 aliphatic heterocycles. The Hall–Kier alpha value is -1.06.